The van der Waals surface area contributed by atoms with Gasteiger partial charge in [-0.05, 0) is 56.2 Å². The first-order valence-corrected chi connectivity index (χ1v) is 6.47. The summed E-state index contributed by atoms with van der Waals surface area (Å²) in [6.07, 6.45) is 5.37. The van der Waals surface area contributed by atoms with E-state index in [-0.39, 0.29) is 0 Å². The molecular formula is C15H23N. The smallest absolute Gasteiger partial charge is 0.0215 e. The van der Waals surface area contributed by atoms with Crippen LogP contribution in [0.3, 0.4) is 0 Å². The number of nitrogens with one attached hydrogen (secondary N) is 1. The zero-order valence-corrected chi connectivity index (χ0v) is 10.8. The summed E-state index contributed by atoms with van der Waals surface area (Å²) in [5, 5.41) is 3.78. The van der Waals surface area contributed by atoms with E-state index in [9.17, 15) is 0 Å². The third kappa shape index (κ3) is 2.15. The highest BCUT2D eigenvalue weighted by Gasteiger charge is 2.34. The summed E-state index contributed by atoms with van der Waals surface area (Å²) < 4.78 is 0. The SMILES string of the molecule is CCC1(NCc2c(C)cccc2C)CCC1. The lowest BCUT2D eigenvalue weighted by Crippen LogP contribution is -2.50. The molecule has 0 saturated heterocycles. The van der Waals surface area contributed by atoms with Crippen LogP contribution in [-0.2, 0) is 6.54 Å². The number of hydrogen-bond acceptors (Lipinski definition) is 1. The van der Waals surface area contributed by atoms with Crippen LogP contribution >= 0.6 is 0 Å². The van der Waals surface area contributed by atoms with Gasteiger partial charge in [-0.15, -0.1) is 0 Å². The Morgan fingerprint density at radius 2 is 1.81 bits per heavy atom. The third-order valence-corrected chi connectivity index (χ3v) is 4.27. The highest BCUT2D eigenvalue weighted by molar-refractivity contribution is 5.33. The van der Waals surface area contributed by atoms with Crippen molar-refractivity contribution in [1.29, 1.82) is 0 Å². The second-order valence-electron chi connectivity index (χ2n) is 5.21. The molecule has 1 saturated carbocycles. The molecule has 1 aliphatic carbocycles. The topological polar surface area (TPSA) is 12.0 Å². The molecule has 0 unspecified atom stereocenters. The van der Waals surface area contributed by atoms with Gasteiger partial charge in [-0.3, -0.25) is 0 Å². The average molecular weight is 217 g/mol. The summed E-state index contributed by atoms with van der Waals surface area (Å²) in [5.41, 5.74) is 4.77. The van der Waals surface area contributed by atoms with E-state index in [0.717, 1.165) is 6.54 Å². The van der Waals surface area contributed by atoms with Crippen molar-refractivity contribution in [1.82, 2.24) is 5.32 Å². The van der Waals surface area contributed by atoms with E-state index in [1.165, 1.54) is 42.4 Å². The Morgan fingerprint density at radius 3 is 2.25 bits per heavy atom. The van der Waals surface area contributed by atoms with Crippen LogP contribution < -0.4 is 5.32 Å². The van der Waals surface area contributed by atoms with Gasteiger partial charge in [0, 0.05) is 12.1 Å². The summed E-state index contributed by atoms with van der Waals surface area (Å²) >= 11 is 0. The minimum Gasteiger partial charge on any atom is -0.307 e. The summed E-state index contributed by atoms with van der Waals surface area (Å²) in [5.74, 6) is 0. The molecule has 1 fully saturated rings. The fourth-order valence-corrected chi connectivity index (χ4v) is 2.66. The van der Waals surface area contributed by atoms with E-state index in [1.807, 2.05) is 0 Å². The van der Waals surface area contributed by atoms with Crippen molar-refractivity contribution in [3.8, 4) is 0 Å². The fraction of sp³-hybridized carbons (Fsp3) is 0.600. The van der Waals surface area contributed by atoms with Gasteiger partial charge in [-0.2, -0.15) is 0 Å². The van der Waals surface area contributed by atoms with Gasteiger partial charge in [0.05, 0.1) is 0 Å². The Labute approximate surface area is 99.3 Å². The minimum atomic E-state index is 0.453. The van der Waals surface area contributed by atoms with Crippen molar-refractivity contribution in [2.45, 2.75) is 58.5 Å². The number of benzene rings is 1. The molecule has 2 rings (SSSR count). The van der Waals surface area contributed by atoms with Crippen LogP contribution in [0, 0.1) is 13.8 Å². The lowest BCUT2D eigenvalue weighted by molar-refractivity contribution is 0.175. The molecule has 88 valence electrons. The molecule has 1 aromatic rings. The van der Waals surface area contributed by atoms with E-state index < -0.39 is 0 Å². The molecule has 0 bridgehead atoms. The van der Waals surface area contributed by atoms with Crippen LogP contribution in [0.15, 0.2) is 18.2 Å². The summed E-state index contributed by atoms with van der Waals surface area (Å²) in [4.78, 5) is 0. The molecule has 1 N–H and O–H groups in total. The van der Waals surface area contributed by atoms with Crippen LogP contribution in [0.25, 0.3) is 0 Å². The van der Waals surface area contributed by atoms with Crippen molar-refractivity contribution in [2.75, 3.05) is 0 Å². The molecule has 0 atom stereocenters. The Morgan fingerprint density at radius 1 is 1.19 bits per heavy atom. The van der Waals surface area contributed by atoms with Gasteiger partial charge in [-0.1, -0.05) is 25.1 Å². The highest BCUT2D eigenvalue weighted by Crippen LogP contribution is 2.35. The molecule has 1 aliphatic rings. The molecule has 16 heavy (non-hydrogen) atoms. The second-order valence-corrected chi connectivity index (χ2v) is 5.21. The first-order valence-electron chi connectivity index (χ1n) is 6.47. The Hall–Kier alpha value is -0.820. The van der Waals surface area contributed by atoms with Crippen molar-refractivity contribution >= 4 is 0 Å². The third-order valence-electron chi connectivity index (χ3n) is 4.27. The highest BCUT2D eigenvalue weighted by atomic mass is 15.0. The van der Waals surface area contributed by atoms with Gasteiger partial charge in [0.2, 0.25) is 0 Å². The van der Waals surface area contributed by atoms with Gasteiger partial charge < -0.3 is 5.32 Å². The monoisotopic (exact) mass is 217 g/mol. The van der Waals surface area contributed by atoms with Gasteiger partial charge in [0.1, 0.15) is 0 Å². The quantitative estimate of drug-likeness (QED) is 0.810. The maximum absolute atomic E-state index is 3.78. The van der Waals surface area contributed by atoms with E-state index in [4.69, 9.17) is 0 Å². The van der Waals surface area contributed by atoms with Gasteiger partial charge >= 0.3 is 0 Å². The maximum atomic E-state index is 3.78. The molecule has 1 nitrogen and oxygen atoms in total. The summed E-state index contributed by atoms with van der Waals surface area (Å²) in [6.45, 7) is 7.76. The Balaban J connectivity index is 2.04. The van der Waals surface area contributed by atoms with Crippen LogP contribution in [0.5, 0.6) is 0 Å². The molecule has 1 aromatic carbocycles. The first kappa shape index (κ1) is 11.7. The number of rotatable bonds is 4. The number of hydrogen-bond donors (Lipinski definition) is 1. The zero-order valence-electron chi connectivity index (χ0n) is 10.8. The minimum absolute atomic E-state index is 0.453. The normalized spacial score (nSPS) is 18.2. The lowest BCUT2D eigenvalue weighted by atomic mass is 9.74. The Kier molecular flexibility index (Phi) is 3.34. The molecule has 0 aromatic heterocycles. The second kappa shape index (κ2) is 4.58. The lowest BCUT2D eigenvalue weighted by Gasteiger charge is -2.42. The molecular weight excluding hydrogens is 194 g/mol. The van der Waals surface area contributed by atoms with Gasteiger partial charge in [-0.25, -0.2) is 0 Å². The summed E-state index contributed by atoms with van der Waals surface area (Å²) in [6, 6.07) is 6.57. The fourth-order valence-electron chi connectivity index (χ4n) is 2.66. The predicted molar refractivity (Wildman–Crippen MR) is 69.6 cm³/mol. The molecule has 0 amide bonds. The largest absolute Gasteiger partial charge is 0.307 e. The molecule has 0 spiro atoms. The van der Waals surface area contributed by atoms with Crippen molar-refractivity contribution in [2.24, 2.45) is 0 Å². The maximum Gasteiger partial charge on any atom is 0.0215 e. The molecule has 1 heteroatoms. The first-order chi connectivity index (χ1) is 7.67. The van der Waals surface area contributed by atoms with E-state index in [0.29, 0.717) is 5.54 Å². The molecule has 0 aliphatic heterocycles. The van der Waals surface area contributed by atoms with Crippen molar-refractivity contribution in [3.05, 3.63) is 34.9 Å². The van der Waals surface area contributed by atoms with Crippen molar-refractivity contribution in [3.63, 3.8) is 0 Å². The van der Waals surface area contributed by atoms with Gasteiger partial charge in [0.25, 0.3) is 0 Å². The van der Waals surface area contributed by atoms with Crippen LogP contribution in [-0.4, -0.2) is 5.54 Å². The Bertz CT molecular complexity index is 338. The predicted octanol–water partition coefficient (Wildman–Crippen LogP) is 3.73. The molecule has 0 radical (unpaired) electrons. The standard InChI is InChI=1S/C15H23N/c1-4-15(9-6-10-15)16-11-14-12(2)7-5-8-13(14)3/h5,7-8,16H,4,6,9-11H2,1-3H3. The summed E-state index contributed by atoms with van der Waals surface area (Å²) in [7, 11) is 0. The van der Waals surface area contributed by atoms with Crippen LogP contribution in [0.2, 0.25) is 0 Å². The number of aryl methyl sites for hydroxylation is 2. The van der Waals surface area contributed by atoms with Gasteiger partial charge in [0.15, 0.2) is 0 Å². The van der Waals surface area contributed by atoms with Crippen LogP contribution in [0.1, 0.15) is 49.3 Å². The average Bonchev–Trinajstić information content (AvgIpc) is 2.20. The molecule has 0 heterocycles. The van der Waals surface area contributed by atoms with E-state index in [2.05, 4.69) is 44.3 Å². The zero-order chi connectivity index (χ0) is 11.6. The van der Waals surface area contributed by atoms with Crippen LogP contribution in [0.4, 0.5) is 0 Å². The van der Waals surface area contributed by atoms with E-state index in [1.54, 1.807) is 0 Å². The van der Waals surface area contributed by atoms with Crippen molar-refractivity contribution < 1.29 is 0 Å². The van der Waals surface area contributed by atoms with E-state index >= 15 is 0 Å².